The molecule has 1 unspecified atom stereocenters. The Bertz CT molecular complexity index is 265. The van der Waals surface area contributed by atoms with E-state index in [1.54, 1.807) is 7.11 Å². The third kappa shape index (κ3) is 3.93. The van der Waals surface area contributed by atoms with E-state index in [0.717, 1.165) is 58.5 Å². The molecule has 0 radical (unpaired) electrons. The van der Waals surface area contributed by atoms with Gasteiger partial charge >= 0.3 is 0 Å². The number of nitrogens with zero attached hydrogens (tertiary/aromatic N) is 2. The summed E-state index contributed by atoms with van der Waals surface area (Å²) in [6, 6.07) is 0. The van der Waals surface area contributed by atoms with Crippen molar-refractivity contribution >= 4 is 5.91 Å². The molecule has 2 heterocycles. The summed E-state index contributed by atoms with van der Waals surface area (Å²) in [5.74, 6) is 0.274. The molecule has 0 saturated carbocycles. The van der Waals surface area contributed by atoms with Gasteiger partial charge in [-0.15, -0.1) is 0 Å². The first-order valence-electron chi connectivity index (χ1n) is 7.03. The Morgan fingerprint density at radius 3 is 3.00 bits per heavy atom. The van der Waals surface area contributed by atoms with Crippen LogP contribution in [0.3, 0.4) is 0 Å². The molecule has 1 atom stereocenters. The highest BCUT2D eigenvalue weighted by Crippen LogP contribution is 2.12. The Kier molecular flexibility index (Phi) is 5.41. The summed E-state index contributed by atoms with van der Waals surface area (Å²) >= 11 is 0. The van der Waals surface area contributed by atoms with Gasteiger partial charge in [0.1, 0.15) is 0 Å². The third-order valence-electron chi connectivity index (χ3n) is 3.85. The molecule has 0 aromatic rings. The number of carbonyl (C=O) groups is 1. The van der Waals surface area contributed by atoms with Crippen LogP contribution >= 0.6 is 0 Å². The monoisotopic (exact) mass is 255 g/mol. The zero-order valence-corrected chi connectivity index (χ0v) is 11.4. The summed E-state index contributed by atoms with van der Waals surface area (Å²) in [4.78, 5) is 16.5. The van der Waals surface area contributed by atoms with Gasteiger partial charge in [0, 0.05) is 33.3 Å². The lowest BCUT2D eigenvalue weighted by atomic mass is 10.1. The van der Waals surface area contributed by atoms with Crippen molar-refractivity contribution in [3.05, 3.63) is 0 Å². The summed E-state index contributed by atoms with van der Waals surface area (Å²) in [5, 5.41) is 3.32. The topological polar surface area (TPSA) is 44.8 Å². The fourth-order valence-electron chi connectivity index (χ4n) is 2.74. The second-order valence-electron chi connectivity index (χ2n) is 5.22. The minimum atomic E-state index is 0.274. The first-order valence-corrected chi connectivity index (χ1v) is 7.03. The van der Waals surface area contributed by atoms with Crippen LogP contribution in [-0.2, 0) is 9.53 Å². The minimum Gasteiger partial charge on any atom is -0.380 e. The lowest BCUT2D eigenvalue weighted by molar-refractivity contribution is -0.133. The Morgan fingerprint density at radius 1 is 1.28 bits per heavy atom. The second kappa shape index (κ2) is 7.07. The zero-order chi connectivity index (χ0) is 12.8. The van der Waals surface area contributed by atoms with Gasteiger partial charge in [0.2, 0.25) is 5.91 Å². The van der Waals surface area contributed by atoms with E-state index in [4.69, 9.17) is 4.74 Å². The quantitative estimate of drug-likeness (QED) is 0.766. The number of carbonyl (C=O) groups excluding carboxylic acids is 1. The smallest absolute Gasteiger partial charge is 0.236 e. The molecule has 2 aliphatic rings. The van der Waals surface area contributed by atoms with Gasteiger partial charge in [0.25, 0.3) is 0 Å². The molecule has 2 fully saturated rings. The van der Waals surface area contributed by atoms with Gasteiger partial charge in [-0.05, 0) is 32.4 Å². The average Bonchev–Trinajstić information content (AvgIpc) is 2.68. The molecule has 0 bridgehead atoms. The van der Waals surface area contributed by atoms with E-state index in [-0.39, 0.29) is 5.91 Å². The highest BCUT2D eigenvalue weighted by atomic mass is 16.5. The molecule has 2 saturated heterocycles. The number of hydrogen-bond donors (Lipinski definition) is 1. The number of amides is 1. The van der Waals surface area contributed by atoms with Crippen LogP contribution in [0.1, 0.15) is 19.3 Å². The van der Waals surface area contributed by atoms with E-state index in [9.17, 15) is 4.79 Å². The Labute approximate surface area is 109 Å². The number of methoxy groups -OCH3 is 1. The molecule has 0 aliphatic carbocycles. The summed E-state index contributed by atoms with van der Waals surface area (Å²) in [5.41, 5.74) is 0. The molecular formula is C13H25N3O2. The average molecular weight is 255 g/mol. The number of likely N-dealkylation sites (tertiary alicyclic amines) is 1. The maximum atomic E-state index is 12.2. The molecule has 0 aromatic carbocycles. The van der Waals surface area contributed by atoms with E-state index >= 15 is 0 Å². The van der Waals surface area contributed by atoms with Gasteiger partial charge in [-0.1, -0.05) is 0 Å². The predicted octanol–water partition coefficient (Wildman–Crippen LogP) is -0.0809. The highest BCUT2D eigenvalue weighted by Gasteiger charge is 2.23. The van der Waals surface area contributed by atoms with E-state index < -0.39 is 0 Å². The second-order valence-corrected chi connectivity index (χ2v) is 5.22. The minimum absolute atomic E-state index is 0.274. The van der Waals surface area contributed by atoms with Crippen molar-refractivity contribution in [2.45, 2.75) is 25.4 Å². The van der Waals surface area contributed by atoms with Crippen LogP contribution in [0.5, 0.6) is 0 Å². The van der Waals surface area contributed by atoms with Crippen LogP contribution in [-0.4, -0.2) is 74.7 Å². The van der Waals surface area contributed by atoms with Gasteiger partial charge < -0.3 is 15.0 Å². The van der Waals surface area contributed by atoms with Gasteiger partial charge in [0.15, 0.2) is 0 Å². The standard InChI is InChI=1S/C13H25N3O2/c1-18-12-4-2-7-15(10-12)11-13(17)16-8-3-5-14-6-9-16/h12,14H,2-11H2,1H3. The van der Waals surface area contributed by atoms with Crippen molar-refractivity contribution in [3.63, 3.8) is 0 Å². The van der Waals surface area contributed by atoms with E-state index in [0.29, 0.717) is 12.6 Å². The van der Waals surface area contributed by atoms with Crippen LogP contribution in [0.2, 0.25) is 0 Å². The van der Waals surface area contributed by atoms with Crippen LogP contribution in [0.15, 0.2) is 0 Å². The van der Waals surface area contributed by atoms with Gasteiger partial charge in [-0.25, -0.2) is 0 Å². The molecule has 0 spiro atoms. The van der Waals surface area contributed by atoms with Crippen molar-refractivity contribution in [2.75, 3.05) is 52.9 Å². The highest BCUT2D eigenvalue weighted by molar-refractivity contribution is 5.78. The van der Waals surface area contributed by atoms with Crippen LogP contribution in [0.25, 0.3) is 0 Å². The fraction of sp³-hybridized carbons (Fsp3) is 0.923. The molecule has 2 rings (SSSR count). The van der Waals surface area contributed by atoms with E-state index in [1.807, 2.05) is 4.90 Å². The largest absolute Gasteiger partial charge is 0.380 e. The first-order chi connectivity index (χ1) is 8.79. The molecule has 2 aliphatic heterocycles. The Balaban J connectivity index is 1.78. The first kappa shape index (κ1) is 13.8. The van der Waals surface area contributed by atoms with Crippen molar-refractivity contribution in [3.8, 4) is 0 Å². The van der Waals surface area contributed by atoms with Crippen molar-refractivity contribution in [2.24, 2.45) is 0 Å². The molecule has 0 aromatic heterocycles. The summed E-state index contributed by atoms with van der Waals surface area (Å²) in [7, 11) is 1.76. The fourth-order valence-corrected chi connectivity index (χ4v) is 2.74. The Hall–Kier alpha value is -0.650. The number of piperidine rings is 1. The van der Waals surface area contributed by atoms with Crippen molar-refractivity contribution in [1.82, 2.24) is 15.1 Å². The summed E-state index contributed by atoms with van der Waals surface area (Å²) < 4.78 is 5.39. The Morgan fingerprint density at radius 2 is 2.17 bits per heavy atom. The van der Waals surface area contributed by atoms with Crippen molar-refractivity contribution < 1.29 is 9.53 Å². The molecule has 18 heavy (non-hydrogen) atoms. The van der Waals surface area contributed by atoms with Gasteiger partial charge in [-0.2, -0.15) is 0 Å². The molecular weight excluding hydrogens is 230 g/mol. The zero-order valence-electron chi connectivity index (χ0n) is 11.4. The van der Waals surface area contributed by atoms with Crippen LogP contribution < -0.4 is 5.32 Å². The lowest BCUT2D eigenvalue weighted by Gasteiger charge is -2.32. The summed E-state index contributed by atoms with van der Waals surface area (Å²) in [6.45, 7) is 6.17. The van der Waals surface area contributed by atoms with Gasteiger partial charge in [0.05, 0.1) is 12.6 Å². The lowest BCUT2D eigenvalue weighted by Crippen LogP contribution is -2.46. The maximum absolute atomic E-state index is 12.2. The molecule has 5 heteroatoms. The molecule has 104 valence electrons. The number of nitrogens with one attached hydrogen (secondary N) is 1. The normalized spacial score (nSPS) is 26.9. The van der Waals surface area contributed by atoms with Gasteiger partial charge in [-0.3, -0.25) is 9.69 Å². The van der Waals surface area contributed by atoms with E-state index in [2.05, 4.69) is 10.2 Å². The third-order valence-corrected chi connectivity index (χ3v) is 3.85. The van der Waals surface area contributed by atoms with Crippen molar-refractivity contribution in [1.29, 1.82) is 0 Å². The van der Waals surface area contributed by atoms with Crippen LogP contribution in [0.4, 0.5) is 0 Å². The molecule has 1 amide bonds. The summed E-state index contributed by atoms with van der Waals surface area (Å²) in [6.07, 6.45) is 3.62. The SMILES string of the molecule is COC1CCCN(CC(=O)N2CCCNCC2)C1. The number of rotatable bonds is 3. The molecule has 5 nitrogen and oxygen atoms in total. The number of ether oxygens (including phenoxy) is 1. The number of hydrogen-bond acceptors (Lipinski definition) is 4. The predicted molar refractivity (Wildman–Crippen MR) is 70.5 cm³/mol. The maximum Gasteiger partial charge on any atom is 0.236 e. The van der Waals surface area contributed by atoms with Crippen LogP contribution in [0, 0.1) is 0 Å². The molecule has 1 N–H and O–H groups in total. The van der Waals surface area contributed by atoms with E-state index in [1.165, 1.54) is 0 Å².